The van der Waals surface area contributed by atoms with Crippen molar-refractivity contribution < 1.29 is 78.9 Å². The Bertz CT molecular complexity index is 2190. The number of aliphatic hydroxyl groups is 2. The number of carbonyl (C=O) groups is 2. The maximum absolute atomic E-state index is 13.9. The molecule has 1 saturated heterocycles. The fraction of sp³-hybridized carbons (Fsp3) is 0.754. The number of carbonyl (C=O) groups excluding carboxylic acids is 2. The van der Waals surface area contributed by atoms with Crippen LogP contribution in [0.1, 0.15) is 206 Å². The summed E-state index contributed by atoms with van der Waals surface area (Å²) >= 11 is 0. The van der Waals surface area contributed by atoms with Gasteiger partial charge in [-0.15, -0.1) is 0 Å². The van der Waals surface area contributed by atoms with Gasteiger partial charge in [-0.3, -0.25) is 18.7 Å². The number of nitrogens with one attached hydrogen (secondary N) is 1. The Morgan fingerprint density at radius 2 is 0.961 bits per heavy atom. The molecule has 2 aromatic rings. The highest BCUT2D eigenvalue weighted by molar-refractivity contribution is 7.87. The van der Waals surface area contributed by atoms with E-state index in [4.69, 9.17) is 33.2 Å². The molecule has 1 heterocycles. The number of ether oxygens (including phenoxy) is 7. The molecule has 0 spiro atoms. The molecule has 0 aromatic heterocycles. The summed E-state index contributed by atoms with van der Waals surface area (Å²) in [5.74, 6) is 0.125. The zero-order chi connectivity index (χ0) is 56.5. The third-order valence-corrected chi connectivity index (χ3v) is 16.0. The van der Waals surface area contributed by atoms with Crippen LogP contribution in [0.25, 0.3) is 0 Å². The van der Waals surface area contributed by atoms with Crippen molar-refractivity contribution in [3.63, 3.8) is 0 Å². The van der Waals surface area contributed by atoms with Crippen molar-refractivity contribution in [3.8, 4) is 23.0 Å². The van der Waals surface area contributed by atoms with Crippen LogP contribution in [0.3, 0.4) is 0 Å². The van der Waals surface area contributed by atoms with Gasteiger partial charge in [0.25, 0.3) is 15.1 Å². The highest BCUT2D eigenvalue weighted by atomic mass is 32.2. The quantitative estimate of drug-likeness (QED) is 0.0235. The van der Waals surface area contributed by atoms with E-state index >= 15 is 0 Å². The summed E-state index contributed by atoms with van der Waals surface area (Å²) in [5.41, 5.74) is -1.96. The molecular weight excluding hydrogens is 1030 g/mol. The van der Waals surface area contributed by atoms with Gasteiger partial charge in [0.1, 0.15) is 6.04 Å². The molecule has 0 radical (unpaired) electrons. The van der Waals surface area contributed by atoms with E-state index in [1.54, 1.807) is 36.4 Å². The summed E-state index contributed by atoms with van der Waals surface area (Å²) in [6.07, 6.45) is 17.8. The summed E-state index contributed by atoms with van der Waals surface area (Å²) in [6, 6.07) is 8.60. The van der Waals surface area contributed by atoms with Crippen molar-refractivity contribution in [2.45, 2.75) is 242 Å². The van der Waals surface area contributed by atoms with Gasteiger partial charge in [0.15, 0.2) is 41.5 Å². The Labute approximate surface area is 460 Å². The average Bonchev–Trinajstić information content (AvgIpc) is 3.49. The fourth-order valence-electron chi connectivity index (χ4n) is 9.21. The molecule has 2 aromatic carbocycles. The lowest BCUT2D eigenvalue weighted by Crippen LogP contribution is -2.76. The van der Waals surface area contributed by atoms with Crippen molar-refractivity contribution in [1.82, 2.24) is 5.32 Å². The Morgan fingerprint density at radius 3 is 1.34 bits per heavy atom. The van der Waals surface area contributed by atoms with Crippen LogP contribution in [-0.4, -0.2) is 116 Å². The van der Waals surface area contributed by atoms with E-state index in [1.807, 2.05) is 0 Å². The molecule has 1 unspecified atom stereocenters. The second-order valence-electron chi connectivity index (χ2n) is 20.3. The molecule has 1 amide bonds. The molecule has 1 aliphatic rings. The molecule has 5 N–H and O–H groups in total. The zero-order valence-electron chi connectivity index (χ0n) is 46.9. The summed E-state index contributed by atoms with van der Waals surface area (Å²) in [7, 11) is -10.6. The summed E-state index contributed by atoms with van der Waals surface area (Å²) < 4.78 is 113. The topological polar surface area (TPSA) is 260 Å². The first-order valence-corrected chi connectivity index (χ1v) is 31.7. The molecule has 442 valence electrons. The van der Waals surface area contributed by atoms with E-state index < -0.39 is 73.4 Å². The number of amides is 1. The minimum absolute atomic E-state index is 0.0210. The Kier molecular flexibility index (Phi) is 32.6. The van der Waals surface area contributed by atoms with Crippen LogP contribution in [-0.2, 0) is 56.9 Å². The molecule has 6 atom stereocenters. The van der Waals surface area contributed by atoms with Gasteiger partial charge in [-0.25, -0.2) is 0 Å². The van der Waals surface area contributed by atoms with Gasteiger partial charge in [-0.1, -0.05) is 168 Å². The van der Waals surface area contributed by atoms with E-state index in [9.17, 15) is 45.7 Å². The third-order valence-electron chi connectivity index (χ3n) is 13.8. The van der Waals surface area contributed by atoms with Crippen molar-refractivity contribution in [1.29, 1.82) is 0 Å². The zero-order valence-corrected chi connectivity index (χ0v) is 48.5. The van der Waals surface area contributed by atoms with E-state index in [0.717, 1.165) is 123 Å². The Hall–Kier alpha value is -3.76. The van der Waals surface area contributed by atoms with Gasteiger partial charge in [-0.2, -0.15) is 16.8 Å². The molecule has 77 heavy (non-hydrogen) atoms. The normalized spacial score (nSPS) is 19.1. The van der Waals surface area contributed by atoms with E-state index in [1.165, 1.54) is 38.5 Å². The monoisotopic (exact) mass is 1130 g/mol. The predicted octanol–water partition coefficient (Wildman–Crippen LogP) is 10.8. The summed E-state index contributed by atoms with van der Waals surface area (Å²) in [4.78, 5) is 23.8. The Morgan fingerprint density at radius 1 is 0.584 bits per heavy atom. The minimum atomic E-state index is -6.03. The minimum Gasteiger partial charge on any atom is -0.490 e. The third kappa shape index (κ3) is 24.2. The first kappa shape index (κ1) is 67.5. The van der Waals surface area contributed by atoms with E-state index in [-0.39, 0.29) is 19.3 Å². The number of unbranched alkanes of at least 4 members (excludes halogenated alkanes) is 20. The van der Waals surface area contributed by atoms with Crippen molar-refractivity contribution in [2.75, 3.05) is 33.5 Å². The number of hydrogen-bond donors (Lipinski definition) is 5. The molecule has 0 bridgehead atoms. The fourth-order valence-corrected chi connectivity index (χ4v) is 10.9. The van der Waals surface area contributed by atoms with Crippen LogP contribution in [0.5, 0.6) is 23.0 Å². The van der Waals surface area contributed by atoms with E-state index in [2.05, 4.69) is 33.0 Å². The lowest BCUT2D eigenvalue weighted by molar-refractivity contribution is -0.283. The SMILES string of the molecule is CCCCCCCCOc1ccc(CCC(=O)N[C@@H]2[C@@H](OC)O[C@H](C(O)S(=O)(=O)O)[C@](O)(S(=O)(=O)O)[C@@H]2OC(=O)CCc2ccc(OCCCCCCCC)c(OCCCCCCCC)c2)cc1OCCCCCCCC. The van der Waals surface area contributed by atoms with Gasteiger partial charge in [-0.05, 0) is 73.9 Å². The first-order valence-electron chi connectivity index (χ1n) is 28.7. The van der Waals surface area contributed by atoms with Crippen LogP contribution in [0.15, 0.2) is 36.4 Å². The van der Waals surface area contributed by atoms with Gasteiger partial charge in [0.05, 0.1) is 26.4 Å². The highest BCUT2D eigenvalue weighted by Gasteiger charge is 2.68. The van der Waals surface area contributed by atoms with Crippen molar-refractivity contribution in [3.05, 3.63) is 47.5 Å². The van der Waals surface area contributed by atoms with E-state index in [0.29, 0.717) is 60.6 Å². The lowest BCUT2D eigenvalue weighted by Gasteiger charge is -2.49. The van der Waals surface area contributed by atoms with Gasteiger partial charge >= 0.3 is 16.1 Å². The molecule has 1 aliphatic heterocycles. The largest absolute Gasteiger partial charge is 0.490 e. The van der Waals surface area contributed by atoms with Gasteiger partial charge in [0, 0.05) is 20.0 Å². The highest BCUT2D eigenvalue weighted by Crippen LogP contribution is 2.40. The standard InChI is InChI=1S/C57H95NO17S2/c1-6-10-14-18-22-26-38-70-46-34-30-44(42-48(46)72-40-28-24-20-16-12-8-3)32-36-50(59)58-52-53(57(62,77(66,67)68)54(75-56(52)69-5)55(61)76(63,64)65)74-51(60)37-33-45-31-35-47(71-39-27-23-19-15-11-7-2)49(43-45)73-41-29-25-21-17-13-9-4/h30-31,34-35,42-43,52-56,61-62H,6-29,32-33,36-41H2,1-5H3,(H,58,59)(H,63,64,65)(H,66,67,68)/t52-,53+,54+,55?,56-,57+/m0/s1. The second kappa shape index (κ2) is 37.2. The number of aliphatic hydroxyl groups excluding tert-OH is 1. The summed E-state index contributed by atoms with van der Waals surface area (Å²) in [5, 5.41) is 25.2. The summed E-state index contributed by atoms with van der Waals surface area (Å²) in [6.45, 7) is 10.6. The molecule has 0 aliphatic carbocycles. The van der Waals surface area contributed by atoms with Crippen LogP contribution in [0, 0.1) is 0 Å². The van der Waals surface area contributed by atoms with Crippen LogP contribution in [0.2, 0.25) is 0 Å². The molecule has 20 heteroatoms. The van der Waals surface area contributed by atoms with Gasteiger partial charge < -0.3 is 48.7 Å². The van der Waals surface area contributed by atoms with Crippen LogP contribution < -0.4 is 24.3 Å². The lowest BCUT2D eigenvalue weighted by atomic mass is 9.95. The molecular formula is C57H95NO17S2. The number of rotatable bonds is 44. The number of hydrogen-bond acceptors (Lipinski definition) is 15. The second-order valence-corrected chi connectivity index (χ2v) is 23.4. The maximum atomic E-state index is 13.9. The number of aryl methyl sites for hydroxylation is 2. The average molecular weight is 1130 g/mol. The van der Waals surface area contributed by atoms with Crippen LogP contribution in [0.4, 0.5) is 0 Å². The van der Waals surface area contributed by atoms with Crippen LogP contribution >= 0.6 is 0 Å². The first-order chi connectivity index (χ1) is 36.9. The molecule has 18 nitrogen and oxygen atoms in total. The number of esters is 1. The van der Waals surface area contributed by atoms with Crippen molar-refractivity contribution in [2.24, 2.45) is 0 Å². The smallest absolute Gasteiger partial charge is 0.306 e. The predicted molar refractivity (Wildman–Crippen MR) is 297 cm³/mol. The number of benzene rings is 2. The molecule has 0 saturated carbocycles. The maximum Gasteiger partial charge on any atom is 0.306 e. The van der Waals surface area contributed by atoms with Crippen molar-refractivity contribution >= 4 is 32.1 Å². The van der Waals surface area contributed by atoms with Gasteiger partial charge in [0.2, 0.25) is 11.3 Å². The molecule has 3 rings (SSSR count). The number of methoxy groups -OCH3 is 1. The molecule has 1 fully saturated rings. The Balaban J connectivity index is 1.87.